The van der Waals surface area contributed by atoms with Crippen LogP contribution in [-0.2, 0) is 11.3 Å². The van der Waals surface area contributed by atoms with Gasteiger partial charge in [0.2, 0.25) is 0 Å². The van der Waals surface area contributed by atoms with Gasteiger partial charge < -0.3 is 15.2 Å². The molecule has 0 saturated heterocycles. The number of nitrogens with two attached hydrogens (primary N) is 1. The lowest BCUT2D eigenvalue weighted by molar-refractivity contribution is 0.185. The van der Waals surface area contributed by atoms with Crippen LogP contribution in [0.5, 0.6) is 11.5 Å². The summed E-state index contributed by atoms with van der Waals surface area (Å²) in [7, 11) is 1.68. The first-order chi connectivity index (χ1) is 9.28. The molecule has 3 heteroatoms. The van der Waals surface area contributed by atoms with Crippen molar-refractivity contribution in [1.82, 2.24) is 0 Å². The Morgan fingerprint density at radius 3 is 2.26 bits per heavy atom. The van der Waals surface area contributed by atoms with E-state index >= 15 is 0 Å². The highest BCUT2D eigenvalue weighted by Gasteiger charge is 1.98. The van der Waals surface area contributed by atoms with Crippen molar-refractivity contribution in [3.8, 4) is 11.5 Å². The van der Waals surface area contributed by atoms with Crippen molar-refractivity contribution in [2.75, 3.05) is 12.8 Å². The van der Waals surface area contributed by atoms with Crippen LogP contribution >= 0.6 is 0 Å². The fourth-order valence-corrected chi connectivity index (χ4v) is 1.53. The van der Waals surface area contributed by atoms with Gasteiger partial charge in [-0.1, -0.05) is 32.0 Å². The van der Waals surface area contributed by atoms with E-state index in [-0.39, 0.29) is 1.43 Å². The second-order valence-corrected chi connectivity index (χ2v) is 3.75. The molecule has 19 heavy (non-hydrogen) atoms. The predicted octanol–water partition coefficient (Wildman–Crippen LogP) is 4.48. The quantitative estimate of drug-likeness (QED) is 0.825. The Labute approximate surface area is 116 Å². The number of hydrogen-bond donors (Lipinski definition) is 1. The lowest BCUT2D eigenvalue weighted by Gasteiger charge is -2.07. The molecule has 104 valence electrons. The lowest BCUT2D eigenvalue weighted by Crippen LogP contribution is -1.89. The fraction of sp³-hybridized carbons (Fsp3) is 0.250. The molecule has 0 aliphatic heterocycles. The molecule has 0 radical (unpaired) electrons. The second kappa shape index (κ2) is 8.16. The maximum absolute atomic E-state index is 5.68. The summed E-state index contributed by atoms with van der Waals surface area (Å²) in [5.41, 5.74) is 7.49. The Balaban J connectivity index is 0.00000115. The summed E-state index contributed by atoms with van der Waals surface area (Å²) in [6.07, 6.45) is 0. The maximum atomic E-state index is 5.68. The van der Waals surface area contributed by atoms with Crippen LogP contribution in [0.25, 0.3) is 0 Å². The topological polar surface area (TPSA) is 44.5 Å². The van der Waals surface area contributed by atoms with Crippen molar-refractivity contribution in [3.05, 3.63) is 54.1 Å². The zero-order chi connectivity index (χ0) is 14.1. The third kappa shape index (κ3) is 5.02. The van der Waals surface area contributed by atoms with Gasteiger partial charge in [-0.15, -0.1) is 0 Å². The van der Waals surface area contributed by atoms with Gasteiger partial charge in [-0.25, -0.2) is 0 Å². The first kappa shape index (κ1) is 15.1. The third-order valence-electron chi connectivity index (χ3n) is 2.33. The fourth-order valence-electron chi connectivity index (χ4n) is 1.53. The van der Waals surface area contributed by atoms with Gasteiger partial charge in [-0.3, -0.25) is 0 Å². The molecular formula is C16H23NO2. The van der Waals surface area contributed by atoms with Gasteiger partial charge in [0.15, 0.2) is 0 Å². The number of rotatable bonds is 4. The second-order valence-electron chi connectivity index (χ2n) is 3.75. The van der Waals surface area contributed by atoms with E-state index in [4.69, 9.17) is 15.2 Å². The molecule has 0 atom stereocenters. The summed E-state index contributed by atoms with van der Waals surface area (Å²) < 4.78 is 10.7. The average molecular weight is 261 g/mol. The van der Waals surface area contributed by atoms with Crippen molar-refractivity contribution in [3.63, 3.8) is 0 Å². The lowest BCUT2D eigenvalue weighted by atomic mass is 10.2. The van der Waals surface area contributed by atoms with Crippen LogP contribution in [0.15, 0.2) is 48.5 Å². The highest BCUT2D eigenvalue weighted by Crippen LogP contribution is 2.23. The molecule has 0 aromatic heterocycles. The highest BCUT2D eigenvalue weighted by molar-refractivity contribution is 5.45. The molecule has 2 N–H and O–H groups in total. The number of anilines is 1. The minimum Gasteiger partial charge on any atom is -0.457 e. The Kier molecular flexibility index (Phi) is 6.47. The molecule has 0 unspecified atom stereocenters. The largest absolute Gasteiger partial charge is 0.457 e. The van der Waals surface area contributed by atoms with Crippen LogP contribution in [0, 0.1) is 0 Å². The van der Waals surface area contributed by atoms with Crippen molar-refractivity contribution < 1.29 is 10.9 Å². The third-order valence-corrected chi connectivity index (χ3v) is 2.33. The van der Waals surface area contributed by atoms with Gasteiger partial charge in [-0.2, -0.15) is 0 Å². The molecule has 0 aliphatic rings. The summed E-state index contributed by atoms with van der Waals surface area (Å²) in [6.45, 7) is 4.61. The number of benzene rings is 2. The summed E-state index contributed by atoms with van der Waals surface area (Å²) in [5, 5.41) is 0. The Hall–Kier alpha value is -2.00. The molecule has 0 saturated carbocycles. The minimum atomic E-state index is 0. The van der Waals surface area contributed by atoms with Crippen molar-refractivity contribution in [1.29, 1.82) is 0 Å². The van der Waals surface area contributed by atoms with Gasteiger partial charge >= 0.3 is 0 Å². The Bertz CT molecular complexity index is 486. The summed E-state index contributed by atoms with van der Waals surface area (Å²) in [6, 6.07) is 15.1. The summed E-state index contributed by atoms with van der Waals surface area (Å²) in [5.74, 6) is 1.53. The first-order valence-corrected chi connectivity index (χ1v) is 6.39. The summed E-state index contributed by atoms with van der Waals surface area (Å²) >= 11 is 0. The maximum Gasteiger partial charge on any atom is 0.129 e. The molecule has 0 bridgehead atoms. The molecule has 3 nitrogen and oxygen atoms in total. The van der Waals surface area contributed by atoms with E-state index in [1.165, 1.54) is 0 Å². The van der Waals surface area contributed by atoms with Gasteiger partial charge in [0.25, 0.3) is 0 Å². The zero-order valence-electron chi connectivity index (χ0n) is 11.7. The van der Waals surface area contributed by atoms with Crippen LogP contribution in [0.4, 0.5) is 5.69 Å². The van der Waals surface area contributed by atoms with Crippen LogP contribution in [0.1, 0.15) is 20.8 Å². The predicted molar refractivity (Wildman–Crippen MR) is 81.5 cm³/mol. The van der Waals surface area contributed by atoms with E-state index in [1.807, 2.05) is 56.3 Å². The molecule has 0 fully saturated rings. The van der Waals surface area contributed by atoms with Crippen LogP contribution < -0.4 is 10.5 Å². The average Bonchev–Trinajstić information content (AvgIpc) is 2.44. The molecule has 2 rings (SSSR count). The van der Waals surface area contributed by atoms with E-state index in [9.17, 15) is 0 Å². The first-order valence-electron chi connectivity index (χ1n) is 6.39. The number of hydrogen-bond acceptors (Lipinski definition) is 3. The molecule has 0 spiro atoms. The standard InChI is InChI=1S/C14H15NO2.C2H6.H2/c1-16-10-11-5-7-13(8-6-11)17-14-4-2-3-12(15)9-14;1-2;/h2-9H,10,15H2,1H3;1-2H3;1H. The van der Waals surface area contributed by atoms with Gasteiger partial charge in [0, 0.05) is 20.3 Å². The van der Waals surface area contributed by atoms with E-state index in [2.05, 4.69) is 0 Å². The monoisotopic (exact) mass is 261 g/mol. The molecule has 0 heterocycles. The normalized spacial score (nSPS) is 9.42. The van der Waals surface area contributed by atoms with Gasteiger partial charge in [0.05, 0.1) is 6.61 Å². The van der Waals surface area contributed by atoms with Crippen LogP contribution in [0.3, 0.4) is 0 Å². The number of ether oxygens (including phenoxy) is 2. The van der Waals surface area contributed by atoms with E-state index in [0.717, 1.165) is 17.1 Å². The van der Waals surface area contributed by atoms with E-state index < -0.39 is 0 Å². The van der Waals surface area contributed by atoms with E-state index in [1.54, 1.807) is 13.2 Å². The van der Waals surface area contributed by atoms with Gasteiger partial charge in [0.1, 0.15) is 11.5 Å². The number of nitrogen functional groups attached to an aromatic ring is 1. The Morgan fingerprint density at radius 1 is 1.00 bits per heavy atom. The zero-order valence-corrected chi connectivity index (χ0v) is 11.7. The smallest absolute Gasteiger partial charge is 0.129 e. The SMILES string of the molecule is CC.COCc1ccc(Oc2cccc(N)c2)cc1.[HH]. The van der Waals surface area contributed by atoms with Crippen molar-refractivity contribution in [2.24, 2.45) is 0 Å². The molecule has 0 amide bonds. The van der Waals surface area contributed by atoms with Gasteiger partial charge in [-0.05, 0) is 29.8 Å². The molecule has 2 aromatic rings. The molecule has 0 aliphatic carbocycles. The van der Waals surface area contributed by atoms with Crippen LogP contribution in [0.2, 0.25) is 0 Å². The van der Waals surface area contributed by atoms with Crippen molar-refractivity contribution in [2.45, 2.75) is 20.5 Å². The minimum absolute atomic E-state index is 0. The van der Waals surface area contributed by atoms with Crippen LogP contribution in [-0.4, -0.2) is 7.11 Å². The highest BCUT2D eigenvalue weighted by atomic mass is 16.5. The molecular weight excluding hydrogens is 238 g/mol. The summed E-state index contributed by atoms with van der Waals surface area (Å²) in [4.78, 5) is 0. The Morgan fingerprint density at radius 2 is 1.68 bits per heavy atom. The van der Waals surface area contributed by atoms with Crippen molar-refractivity contribution >= 4 is 5.69 Å². The number of methoxy groups -OCH3 is 1. The van der Waals surface area contributed by atoms with E-state index in [0.29, 0.717) is 12.3 Å². The molecule has 2 aromatic carbocycles.